The number of nitrogens with zero attached hydrogens (tertiary/aromatic N) is 4. The smallest absolute Gasteiger partial charge is 0.289 e. The first kappa shape index (κ1) is 20.5. The molecule has 0 aliphatic carbocycles. The Balaban J connectivity index is 1.29. The average Bonchev–Trinajstić information content (AvgIpc) is 3.33. The van der Waals surface area contributed by atoms with Crippen LogP contribution in [0.2, 0.25) is 5.02 Å². The summed E-state index contributed by atoms with van der Waals surface area (Å²) < 4.78 is 13.2. The number of hydrogen-bond acceptors (Lipinski definition) is 5. The lowest BCUT2D eigenvalue weighted by Gasteiger charge is -2.34. The van der Waals surface area contributed by atoms with E-state index >= 15 is 0 Å². The van der Waals surface area contributed by atoms with Crippen molar-refractivity contribution in [3.63, 3.8) is 0 Å². The first-order valence-corrected chi connectivity index (χ1v) is 10.3. The van der Waals surface area contributed by atoms with Crippen molar-refractivity contribution in [1.82, 2.24) is 19.6 Å². The molecular formula is C22H25ClN4O3. The largest absolute Gasteiger partial charge is 0.484 e. The van der Waals surface area contributed by atoms with Crippen LogP contribution < -0.4 is 4.74 Å². The maximum absolute atomic E-state index is 12.8. The Morgan fingerprint density at radius 3 is 2.63 bits per heavy atom. The Morgan fingerprint density at radius 2 is 1.93 bits per heavy atom. The Labute approximate surface area is 180 Å². The topological polar surface area (TPSA) is 63.7 Å². The third kappa shape index (κ3) is 4.68. The van der Waals surface area contributed by atoms with Crippen LogP contribution >= 0.6 is 11.6 Å². The van der Waals surface area contributed by atoms with Crippen LogP contribution in [0.5, 0.6) is 5.75 Å². The number of aryl methyl sites for hydroxylation is 2. The van der Waals surface area contributed by atoms with Gasteiger partial charge in [-0.15, -0.1) is 0 Å². The number of rotatable bonds is 6. The van der Waals surface area contributed by atoms with Crippen LogP contribution in [0.1, 0.15) is 27.6 Å². The zero-order chi connectivity index (χ0) is 21.1. The Hall–Kier alpha value is -2.77. The lowest BCUT2D eigenvalue weighted by atomic mass is 10.2. The Bertz CT molecular complexity index is 1020. The standard InChI is InChI=1S/C22H25ClN4O3/c1-16-17(13-25(2)24-16)14-26-9-11-27(12-10-26)22(28)21-8-7-18(30-21)15-29-20-6-4-3-5-19(20)23/h3-8,13H,9-12,14-15H2,1-2H3. The number of halogens is 1. The molecule has 4 rings (SSSR count). The minimum atomic E-state index is -0.0869. The summed E-state index contributed by atoms with van der Waals surface area (Å²) >= 11 is 6.10. The average molecular weight is 429 g/mol. The van der Waals surface area contributed by atoms with Crippen molar-refractivity contribution in [2.45, 2.75) is 20.1 Å². The summed E-state index contributed by atoms with van der Waals surface area (Å²) in [6.07, 6.45) is 2.06. The van der Waals surface area contributed by atoms with Gasteiger partial charge in [0.05, 0.1) is 10.7 Å². The number of benzene rings is 1. The molecule has 0 bridgehead atoms. The Morgan fingerprint density at radius 1 is 1.17 bits per heavy atom. The summed E-state index contributed by atoms with van der Waals surface area (Å²) in [7, 11) is 1.93. The molecule has 158 valence electrons. The molecule has 1 amide bonds. The van der Waals surface area contributed by atoms with E-state index < -0.39 is 0 Å². The van der Waals surface area contributed by atoms with Gasteiger partial charge in [0.1, 0.15) is 18.1 Å². The van der Waals surface area contributed by atoms with Gasteiger partial charge in [0.25, 0.3) is 5.91 Å². The molecule has 2 aromatic heterocycles. The fourth-order valence-electron chi connectivity index (χ4n) is 3.59. The van der Waals surface area contributed by atoms with E-state index in [9.17, 15) is 4.79 Å². The SMILES string of the molecule is Cc1nn(C)cc1CN1CCN(C(=O)c2ccc(COc3ccccc3Cl)o2)CC1. The molecule has 8 heteroatoms. The zero-order valence-electron chi connectivity index (χ0n) is 17.2. The molecule has 0 saturated carbocycles. The highest BCUT2D eigenvalue weighted by atomic mass is 35.5. The number of ether oxygens (including phenoxy) is 1. The molecule has 0 unspecified atom stereocenters. The van der Waals surface area contributed by atoms with Crippen molar-refractivity contribution in [1.29, 1.82) is 0 Å². The van der Waals surface area contributed by atoms with E-state index in [2.05, 4.69) is 16.2 Å². The molecular weight excluding hydrogens is 404 g/mol. The summed E-state index contributed by atoms with van der Waals surface area (Å²) in [5, 5.41) is 4.94. The minimum Gasteiger partial charge on any atom is -0.484 e. The van der Waals surface area contributed by atoms with E-state index in [4.69, 9.17) is 20.8 Å². The van der Waals surface area contributed by atoms with Crippen LogP contribution in [0.4, 0.5) is 0 Å². The molecule has 0 radical (unpaired) electrons. The van der Waals surface area contributed by atoms with Crippen LogP contribution in [0.15, 0.2) is 47.0 Å². The van der Waals surface area contributed by atoms with Crippen molar-refractivity contribution in [2.24, 2.45) is 7.05 Å². The van der Waals surface area contributed by atoms with Crippen molar-refractivity contribution < 1.29 is 13.9 Å². The second kappa shape index (κ2) is 8.93. The molecule has 3 heterocycles. The number of carbonyl (C=O) groups is 1. The summed E-state index contributed by atoms with van der Waals surface area (Å²) in [5.74, 6) is 1.42. The van der Waals surface area contributed by atoms with Gasteiger partial charge in [-0.25, -0.2) is 0 Å². The number of hydrogen-bond donors (Lipinski definition) is 0. The number of piperazine rings is 1. The van der Waals surface area contributed by atoms with Gasteiger partial charge in [-0.05, 0) is 31.2 Å². The van der Waals surface area contributed by atoms with E-state index in [1.54, 1.807) is 24.3 Å². The molecule has 0 N–H and O–H groups in total. The van der Waals surface area contributed by atoms with Crippen molar-refractivity contribution in [3.05, 3.63) is 70.4 Å². The van der Waals surface area contributed by atoms with E-state index in [0.29, 0.717) is 35.4 Å². The molecule has 30 heavy (non-hydrogen) atoms. The van der Waals surface area contributed by atoms with Crippen LogP contribution in [-0.2, 0) is 20.2 Å². The molecule has 1 saturated heterocycles. The number of carbonyl (C=O) groups excluding carboxylic acids is 1. The fraction of sp³-hybridized carbons (Fsp3) is 0.364. The fourth-order valence-corrected chi connectivity index (χ4v) is 3.78. The molecule has 1 aromatic carbocycles. The number of furan rings is 1. The number of amides is 1. The van der Waals surface area contributed by atoms with Gasteiger partial charge < -0.3 is 14.1 Å². The van der Waals surface area contributed by atoms with Gasteiger partial charge in [0.15, 0.2) is 5.76 Å². The van der Waals surface area contributed by atoms with Gasteiger partial charge in [-0.1, -0.05) is 23.7 Å². The predicted molar refractivity (Wildman–Crippen MR) is 114 cm³/mol. The predicted octanol–water partition coefficient (Wildman–Crippen LogP) is 3.51. The van der Waals surface area contributed by atoms with Crippen LogP contribution in [0.3, 0.4) is 0 Å². The van der Waals surface area contributed by atoms with Crippen molar-refractivity contribution in [2.75, 3.05) is 26.2 Å². The van der Waals surface area contributed by atoms with Crippen LogP contribution in [0.25, 0.3) is 0 Å². The molecule has 3 aromatic rings. The Kier molecular flexibility index (Phi) is 6.11. The van der Waals surface area contributed by atoms with Gasteiger partial charge in [-0.3, -0.25) is 14.4 Å². The van der Waals surface area contributed by atoms with Gasteiger partial charge >= 0.3 is 0 Å². The normalized spacial score (nSPS) is 14.8. The molecule has 7 nitrogen and oxygen atoms in total. The summed E-state index contributed by atoms with van der Waals surface area (Å²) in [4.78, 5) is 17.0. The second-order valence-corrected chi connectivity index (χ2v) is 7.87. The third-order valence-electron chi connectivity index (χ3n) is 5.25. The second-order valence-electron chi connectivity index (χ2n) is 7.47. The first-order chi connectivity index (χ1) is 14.5. The van der Waals surface area contributed by atoms with Gasteiger partial charge in [0.2, 0.25) is 0 Å². The molecule has 1 fully saturated rings. The van der Waals surface area contributed by atoms with E-state index in [1.807, 2.05) is 35.7 Å². The first-order valence-electron chi connectivity index (χ1n) is 9.96. The maximum Gasteiger partial charge on any atom is 0.289 e. The lowest BCUT2D eigenvalue weighted by molar-refractivity contribution is 0.0594. The summed E-state index contributed by atoms with van der Waals surface area (Å²) in [6.45, 7) is 6.08. The molecule has 1 aliphatic rings. The molecule has 0 spiro atoms. The van der Waals surface area contributed by atoms with Gasteiger partial charge in [-0.2, -0.15) is 5.10 Å². The zero-order valence-corrected chi connectivity index (χ0v) is 17.9. The highest BCUT2D eigenvalue weighted by Crippen LogP contribution is 2.24. The quantitative estimate of drug-likeness (QED) is 0.601. The number of aromatic nitrogens is 2. The van der Waals surface area contributed by atoms with Crippen LogP contribution in [0, 0.1) is 6.92 Å². The van der Waals surface area contributed by atoms with E-state index in [0.717, 1.165) is 25.3 Å². The summed E-state index contributed by atoms with van der Waals surface area (Å²) in [5.41, 5.74) is 2.28. The molecule has 0 atom stereocenters. The summed E-state index contributed by atoms with van der Waals surface area (Å²) in [6, 6.07) is 10.7. The lowest BCUT2D eigenvalue weighted by Crippen LogP contribution is -2.48. The van der Waals surface area contributed by atoms with E-state index in [-0.39, 0.29) is 12.5 Å². The number of para-hydroxylation sites is 1. The third-order valence-corrected chi connectivity index (χ3v) is 5.56. The van der Waals surface area contributed by atoms with Crippen LogP contribution in [-0.4, -0.2) is 51.7 Å². The highest BCUT2D eigenvalue weighted by Gasteiger charge is 2.25. The van der Waals surface area contributed by atoms with Crippen molar-refractivity contribution in [3.8, 4) is 5.75 Å². The van der Waals surface area contributed by atoms with Gasteiger partial charge in [0, 0.05) is 51.5 Å². The van der Waals surface area contributed by atoms with E-state index in [1.165, 1.54) is 5.56 Å². The highest BCUT2D eigenvalue weighted by molar-refractivity contribution is 6.32. The maximum atomic E-state index is 12.8. The minimum absolute atomic E-state index is 0.0869. The monoisotopic (exact) mass is 428 g/mol. The molecule has 1 aliphatic heterocycles. The van der Waals surface area contributed by atoms with Crippen molar-refractivity contribution >= 4 is 17.5 Å².